The molecule has 2 unspecified atom stereocenters. The lowest BCUT2D eigenvalue weighted by atomic mass is 10.2. The molecule has 1 fully saturated rings. The lowest BCUT2D eigenvalue weighted by molar-refractivity contribution is 0.378. The van der Waals surface area contributed by atoms with E-state index < -0.39 is 0 Å². The quantitative estimate of drug-likeness (QED) is 0.336. The van der Waals surface area contributed by atoms with Crippen LogP contribution < -0.4 is 0 Å². The van der Waals surface area contributed by atoms with Crippen LogP contribution in [0.3, 0.4) is 0 Å². The lowest BCUT2D eigenvalue weighted by Crippen LogP contribution is -1.90. The Morgan fingerprint density at radius 2 is 2.44 bits per heavy atom. The molecule has 0 aliphatic carbocycles. The standard InChI is InChI=1S/C7H11ClO/c1-2-6-7(9-6)4-3-5-8/h2,6-7H,1,3-5H2. The van der Waals surface area contributed by atoms with Crippen LogP contribution in [0.5, 0.6) is 0 Å². The van der Waals surface area contributed by atoms with Gasteiger partial charge in [-0.25, -0.2) is 0 Å². The first-order valence-corrected chi connectivity index (χ1v) is 3.76. The Morgan fingerprint density at radius 1 is 1.67 bits per heavy atom. The molecule has 0 aromatic heterocycles. The molecular formula is C7H11ClO. The van der Waals surface area contributed by atoms with Crippen LogP contribution in [0, 0.1) is 0 Å². The first-order valence-electron chi connectivity index (χ1n) is 3.22. The van der Waals surface area contributed by atoms with E-state index in [1.54, 1.807) is 0 Å². The first kappa shape index (κ1) is 7.10. The molecule has 0 bridgehead atoms. The summed E-state index contributed by atoms with van der Waals surface area (Å²) in [5.41, 5.74) is 0. The second-order valence-electron chi connectivity index (χ2n) is 2.21. The molecule has 0 aromatic rings. The topological polar surface area (TPSA) is 12.5 Å². The predicted molar refractivity (Wildman–Crippen MR) is 38.8 cm³/mol. The van der Waals surface area contributed by atoms with E-state index in [2.05, 4.69) is 6.58 Å². The Kier molecular flexibility index (Phi) is 2.55. The van der Waals surface area contributed by atoms with Crippen LogP contribution in [0.2, 0.25) is 0 Å². The van der Waals surface area contributed by atoms with Gasteiger partial charge in [0.2, 0.25) is 0 Å². The average Bonchev–Trinajstić information content (AvgIpc) is 2.62. The van der Waals surface area contributed by atoms with Gasteiger partial charge in [-0.1, -0.05) is 6.08 Å². The molecule has 0 N–H and O–H groups in total. The number of alkyl halides is 1. The van der Waals surface area contributed by atoms with Crippen molar-refractivity contribution >= 4 is 11.6 Å². The van der Waals surface area contributed by atoms with Gasteiger partial charge in [-0.2, -0.15) is 0 Å². The molecule has 9 heavy (non-hydrogen) atoms. The molecule has 1 saturated heterocycles. The zero-order chi connectivity index (χ0) is 6.69. The monoisotopic (exact) mass is 146 g/mol. The molecule has 1 nitrogen and oxygen atoms in total. The fourth-order valence-electron chi connectivity index (χ4n) is 0.874. The van der Waals surface area contributed by atoms with Crippen molar-refractivity contribution in [2.75, 3.05) is 5.88 Å². The zero-order valence-corrected chi connectivity index (χ0v) is 6.10. The minimum Gasteiger partial charge on any atom is -0.365 e. The summed E-state index contributed by atoms with van der Waals surface area (Å²) in [7, 11) is 0. The Bertz CT molecular complexity index is 103. The smallest absolute Gasteiger partial charge is 0.102 e. The van der Waals surface area contributed by atoms with Crippen LogP contribution in [0.25, 0.3) is 0 Å². The van der Waals surface area contributed by atoms with Gasteiger partial charge < -0.3 is 4.74 Å². The highest BCUT2D eigenvalue weighted by molar-refractivity contribution is 6.17. The largest absolute Gasteiger partial charge is 0.365 e. The van der Waals surface area contributed by atoms with Crippen molar-refractivity contribution in [1.29, 1.82) is 0 Å². The molecule has 2 atom stereocenters. The van der Waals surface area contributed by atoms with Crippen LogP contribution in [0.4, 0.5) is 0 Å². The first-order chi connectivity index (χ1) is 4.38. The van der Waals surface area contributed by atoms with Crippen molar-refractivity contribution in [1.82, 2.24) is 0 Å². The highest BCUT2D eigenvalue weighted by atomic mass is 35.5. The van der Waals surface area contributed by atoms with Gasteiger partial charge in [-0.3, -0.25) is 0 Å². The normalized spacial score (nSPS) is 32.1. The van der Waals surface area contributed by atoms with Gasteiger partial charge in [0.25, 0.3) is 0 Å². The van der Waals surface area contributed by atoms with E-state index in [0.29, 0.717) is 12.2 Å². The summed E-state index contributed by atoms with van der Waals surface area (Å²) in [4.78, 5) is 0. The summed E-state index contributed by atoms with van der Waals surface area (Å²) in [6.07, 6.45) is 4.74. The van der Waals surface area contributed by atoms with Crippen molar-refractivity contribution < 1.29 is 4.74 Å². The minimum atomic E-state index is 0.327. The van der Waals surface area contributed by atoms with Crippen molar-refractivity contribution in [2.24, 2.45) is 0 Å². The van der Waals surface area contributed by atoms with E-state index in [9.17, 15) is 0 Å². The Balaban J connectivity index is 1.98. The van der Waals surface area contributed by atoms with Crippen molar-refractivity contribution in [3.8, 4) is 0 Å². The third-order valence-electron chi connectivity index (χ3n) is 1.48. The van der Waals surface area contributed by atoms with Gasteiger partial charge in [0.15, 0.2) is 0 Å². The molecule has 0 aromatic carbocycles. The second kappa shape index (κ2) is 3.23. The van der Waals surface area contributed by atoms with Gasteiger partial charge >= 0.3 is 0 Å². The van der Waals surface area contributed by atoms with Gasteiger partial charge in [-0.05, 0) is 12.8 Å². The van der Waals surface area contributed by atoms with Crippen molar-refractivity contribution in [3.63, 3.8) is 0 Å². The van der Waals surface area contributed by atoms with E-state index in [0.717, 1.165) is 18.7 Å². The number of hydrogen-bond acceptors (Lipinski definition) is 1. The molecule has 1 rings (SSSR count). The van der Waals surface area contributed by atoms with E-state index in [4.69, 9.17) is 16.3 Å². The number of ether oxygens (including phenoxy) is 1. The number of rotatable bonds is 4. The maximum Gasteiger partial charge on any atom is 0.102 e. The third kappa shape index (κ3) is 1.99. The molecule has 1 heterocycles. The van der Waals surface area contributed by atoms with E-state index >= 15 is 0 Å². The van der Waals surface area contributed by atoms with Crippen molar-refractivity contribution in [3.05, 3.63) is 12.7 Å². The minimum absolute atomic E-state index is 0.327. The molecule has 0 saturated carbocycles. The van der Waals surface area contributed by atoms with Crippen LogP contribution in [0.1, 0.15) is 12.8 Å². The Morgan fingerprint density at radius 3 is 2.89 bits per heavy atom. The fourth-order valence-corrected chi connectivity index (χ4v) is 1.03. The van der Waals surface area contributed by atoms with Crippen LogP contribution in [0.15, 0.2) is 12.7 Å². The molecule has 0 amide bonds. The third-order valence-corrected chi connectivity index (χ3v) is 1.74. The van der Waals surface area contributed by atoms with Crippen LogP contribution in [-0.2, 0) is 4.74 Å². The maximum atomic E-state index is 5.48. The number of epoxide rings is 1. The number of hydrogen-bond donors (Lipinski definition) is 0. The van der Waals surface area contributed by atoms with Gasteiger partial charge in [0.1, 0.15) is 6.10 Å². The number of halogens is 1. The molecule has 1 aliphatic rings. The van der Waals surface area contributed by atoms with Gasteiger partial charge in [0.05, 0.1) is 6.10 Å². The molecule has 0 spiro atoms. The van der Waals surface area contributed by atoms with Gasteiger partial charge in [-0.15, -0.1) is 18.2 Å². The molecular weight excluding hydrogens is 136 g/mol. The molecule has 0 radical (unpaired) electrons. The average molecular weight is 147 g/mol. The summed E-state index contributed by atoms with van der Waals surface area (Å²) >= 11 is 5.48. The maximum absolute atomic E-state index is 5.48. The highest BCUT2D eigenvalue weighted by Gasteiger charge is 2.34. The highest BCUT2D eigenvalue weighted by Crippen LogP contribution is 2.26. The second-order valence-corrected chi connectivity index (χ2v) is 2.58. The summed E-state index contributed by atoms with van der Waals surface area (Å²) in [6, 6.07) is 0. The predicted octanol–water partition coefficient (Wildman–Crippen LogP) is 1.96. The SMILES string of the molecule is C=CC1OC1CCCCl. The summed E-state index contributed by atoms with van der Waals surface area (Å²) in [6.45, 7) is 3.62. The molecule has 1 aliphatic heterocycles. The summed E-state index contributed by atoms with van der Waals surface area (Å²) < 4.78 is 5.19. The van der Waals surface area contributed by atoms with Crippen LogP contribution >= 0.6 is 11.6 Å². The Labute approximate surface area is 60.7 Å². The summed E-state index contributed by atoms with van der Waals surface area (Å²) in [5, 5.41) is 0. The fraction of sp³-hybridized carbons (Fsp3) is 0.714. The lowest BCUT2D eigenvalue weighted by Gasteiger charge is -1.86. The Hall–Kier alpha value is -0.0100. The van der Waals surface area contributed by atoms with Crippen molar-refractivity contribution in [2.45, 2.75) is 25.0 Å². The molecule has 2 heteroatoms. The van der Waals surface area contributed by atoms with E-state index in [1.165, 1.54) is 0 Å². The summed E-state index contributed by atoms with van der Waals surface area (Å²) in [5.74, 6) is 0.740. The molecule has 52 valence electrons. The van der Waals surface area contributed by atoms with E-state index in [1.807, 2.05) is 6.08 Å². The zero-order valence-electron chi connectivity index (χ0n) is 5.35. The van der Waals surface area contributed by atoms with Crippen LogP contribution in [-0.4, -0.2) is 18.1 Å². The van der Waals surface area contributed by atoms with Gasteiger partial charge in [0, 0.05) is 5.88 Å². The van der Waals surface area contributed by atoms with E-state index in [-0.39, 0.29) is 0 Å².